The molecule has 0 aliphatic carbocycles. The van der Waals surface area contributed by atoms with E-state index in [1.54, 1.807) is 12.4 Å². The average Bonchev–Trinajstić information content (AvgIpc) is 3.03. The molecule has 0 spiro atoms. The van der Waals surface area contributed by atoms with Crippen molar-refractivity contribution < 1.29 is 4.74 Å². The van der Waals surface area contributed by atoms with Gasteiger partial charge in [0.25, 0.3) is 0 Å². The number of imidazole rings is 1. The van der Waals surface area contributed by atoms with Gasteiger partial charge in [0, 0.05) is 63.1 Å². The first-order chi connectivity index (χ1) is 12.9. The Morgan fingerprint density at radius 2 is 1.65 bits per heavy atom. The first-order valence-electron chi connectivity index (χ1n) is 8.94. The zero-order valence-electron chi connectivity index (χ0n) is 14.7. The van der Waals surface area contributed by atoms with Gasteiger partial charge in [0.05, 0.1) is 25.2 Å². The van der Waals surface area contributed by atoms with Crippen LogP contribution in [0.5, 0.6) is 0 Å². The van der Waals surface area contributed by atoms with Crippen molar-refractivity contribution in [3.05, 3.63) is 78.4 Å². The minimum atomic E-state index is 0.425. The molecule has 3 aromatic rings. The van der Waals surface area contributed by atoms with E-state index in [4.69, 9.17) is 4.74 Å². The molecule has 0 aromatic carbocycles. The van der Waals surface area contributed by atoms with E-state index in [0.717, 1.165) is 38.3 Å². The van der Waals surface area contributed by atoms with Crippen LogP contribution >= 0.6 is 0 Å². The quantitative estimate of drug-likeness (QED) is 0.684. The number of fused-ring (bicyclic) bond motifs is 1. The summed E-state index contributed by atoms with van der Waals surface area (Å²) < 4.78 is 8.26. The van der Waals surface area contributed by atoms with Gasteiger partial charge in [-0.1, -0.05) is 0 Å². The number of aromatic nitrogens is 4. The molecule has 0 radical (unpaired) electrons. The number of hydrogen-bond donors (Lipinski definition) is 0. The molecule has 6 heteroatoms. The minimum Gasteiger partial charge on any atom is -0.376 e. The Balaban J connectivity index is 1.40. The van der Waals surface area contributed by atoms with Crippen LogP contribution in [0.3, 0.4) is 0 Å². The van der Waals surface area contributed by atoms with Crippen LogP contribution in [0.25, 0.3) is 0 Å². The molecule has 0 unspecified atom stereocenters. The zero-order chi connectivity index (χ0) is 17.6. The summed E-state index contributed by atoms with van der Waals surface area (Å²) in [5, 5.41) is 0. The van der Waals surface area contributed by atoms with Crippen LogP contribution in [0.1, 0.15) is 16.8 Å². The van der Waals surface area contributed by atoms with E-state index in [2.05, 4.69) is 36.6 Å². The first-order valence-corrected chi connectivity index (χ1v) is 8.94. The molecule has 0 N–H and O–H groups in total. The van der Waals surface area contributed by atoms with Crippen molar-refractivity contribution >= 4 is 0 Å². The fourth-order valence-electron chi connectivity index (χ4n) is 3.43. The topological polar surface area (TPSA) is 56.1 Å². The molecule has 1 aliphatic rings. The highest BCUT2D eigenvalue weighted by molar-refractivity contribution is 5.11. The maximum absolute atomic E-state index is 6.01. The summed E-state index contributed by atoms with van der Waals surface area (Å²) in [6.07, 6.45) is 11.2. The average molecular weight is 349 g/mol. The lowest BCUT2D eigenvalue weighted by Crippen LogP contribution is -2.30. The number of nitrogens with zero attached hydrogens (tertiary/aromatic N) is 5. The Labute approximate surface area is 153 Å². The molecule has 1 aliphatic heterocycles. The van der Waals surface area contributed by atoms with Gasteiger partial charge in [-0.2, -0.15) is 0 Å². The van der Waals surface area contributed by atoms with Gasteiger partial charge in [-0.15, -0.1) is 0 Å². The fraction of sp³-hybridized carbons (Fsp3) is 0.350. The smallest absolute Gasteiger partial charge is 0.0948 e. The molecule has 1 atom stereocenters. The molecule has 0 saturated heterocycles. The van der Waals surface area contributed by atoms with E-state index < -0.39 is 0 Å². The molecule has 3 aromatic heterocycles. The largest absolute Gasteiger partial charge is 0.376 e. The number of rotatable bonds is 6. The monoisotopic (exact) mass is 349 g/mol. The van der Waals surface area contributed by atoms with E-state index in [9.17, 15) is 0 Å². The molecule has 26 heavy (non-hydrogen) atoms. The molecule has 134 valence electrons. The lowest BCUT2D eigenvalue weighted by molar-refractivity contribution is 0.0665. The second-order valence-corrected chi connectivity index (χ2v) is 6.80. The highest BCUT2D eigenvalue weighted by Gasteiger charge is 2.22. The van der Waals surface area contributed by atoms with Crippen molar-refractivity contribution in [1.82, 2.24) is 24.4 Å². The van der Waals surface area contributed by atoms with Crippen molar-refractivity contribution in [3.63, 3.8) is 0 Å². The van der Waals surface area contributed by atoms with Gasteiger partial charge in [0.15, 0.2) is 0 Å². The Bertz CT molecular complexity index is 805. The third-order valence-electron chi connectivity index (χ3n) is 4.68. The normalized spacial score (nSPS) is 17.6. The predicted molar refractivity (Wildman–Crippen MR) is 98.0 cm³/mol. The second-order valence-electron chi connectivity index (χ2n) is 6.80. The van der Waals surface area contributed by atoms with Gasteiger partial charge in [0.2, 0.25) is 0 Å². The van der Waals surface area contributed by atoms with Crippen molar-refractivity contribution in [2.45, 2.75) is 26.2 Å². The van der Waals surface area contributed by atoms with Crippen molar-refractivity contribution in [1.29, 1.82) is 0 Å². The summed E-state index contributed by atoms with van der Waals surface area (Å²) in [6.45, 7) is 5.11. The summed E-state index contributed by atoms with van der Waals surface area (Å²) >= 11 is 0. The van der Waals surface area contributed by atoms with Crippen LogP contribution in [0.15, 0.2) is 61.6 Å². The molecule has 0 fully saturated rings. The summed E-state index contributed by atoms with van der Waals surface area (Å²) in [5.41, 5.74) is 3.70. The maximum atomic E-state index is 6.01. The minimum absolute atomic E-state index is 0.425. The van der Waals surface area contributed by atoms with E-state index in [1.165, 1.54) is 11.3 Å². The van der Waals surface area contributed by atoms with Crippen molar-refractivity contribution in [2.24, 2.45) is 5.92 Å². The molecule has 6 nitrogen and oxygen atoms in total. The highest BCUT2D eigenvalue weighted by atomic mass is 16.5. The van der Waals surface area contributed by atoms with E-state index >= 15 is 0 Å². The summed E-state index contributed by atoms with van der Waals surface area (Å²) in [7, 11) is 0. The van der Waals surface area contributed by atoms with Crippen LogP contribution in [0, 0.1) is 5.92 Å². The van der Waals surface area contributed by atoms with Gasteiger partial charge in [0.1, 0.15) is 0 Å². The van der Waals surface area contributed by atoms with Crippen LogP contribution in [-0.4, -0.2) is 37.6 Å². The van der Waals surface area contributed by atoms with E-state index in [-0.39, 0.29) is 0 Å². The van der Waals surface area contributed by atoms with Crippen molar-refractivity contribution in [2.75, 3.05) is 13.2 Å². The van der Waals surface area contributed by atoms with E-state index in [0.29, 0.717) is 12.5 Å². The molecule has 0 amide bonds. The third kappa shape index (κ3) is 4.33. The SMILES string of the molecule is c1cc(COC[C@@H]2CN(Cc3ccncc3)Cc3cncn3C2)ccn1. The first kappa shape index (κ1) is 16.9. The van der Waals surface area contributed by atoms with E-state index in [1.807, 2.05) is 37.1 Å². The van der Waals surface area contributed by atoms with Crippen LogP contribution < -0.4 is 0 Å². The lowest BCUT2D eigenvalue weighted by Gasteiger charge is -2.24. The number of pyridine rings is 2. The third-order valence-corrected chi connectivity index (χ3v) is 4.68. The predicted octanol–water partition coefficient (Wildman–Crippen LogP) is 2.52. The summed E-state index contributed by atoms with van der Waals surface area (Å²) in [6, 6.07) is 8.15. The fourth-order valence-corrected chi connectivity index (χ4v) is 3.43. The number of ether oxygens (including phenoxy) is 1. The second kappa shape index (κ2) is 8.21. The Kier molecular flexibility index (Phi) is 5.33. The molecule has 0 bridgehead atoms. The number of hydrogen-bond acceptors (Lipinski definition) is 5. The van der Waals surface area contributed by atoms with Crippen LogP contribution in [0.4, 0.5) is 0 Å². The Morgan fingerprint density at radius 1 is 0.923 bits per heavy atom. The molecule has 4 heterocycles. The standard InChI is InChI=1S/C20H23N5O/c1-5-21-6-2-17(1)10-24-11-19(12-25-16-23-9-20(25)13-24)15-26-14-18-3-7-22-8-4-18/h1-9,16,19H,10-15H2/t19-/m1/s1. The zero-order valence-corrected chi connectivity index (χ0v) is 14.7. The van der Waals surface area contributed by atoms with Gasteiger partial charge in [-0.25, -0.2) is 4.98 Å². The van der Waals surface area contributed by atoms with Gasteiger partial charge < -0.3 is 9.30 Å². The Morgan fingerprint density at radius 3 is 2.42 bits per heavy atom. The van der Waals surface area contributed by atoms with Crippen LogP contribution in [0.2, 0.25) is 0 Å². The van der Waals surface area contributed by atoms with Gasteiger partial charge >= 0.3 is 0 Å². The van der Waals surface area contributed by atoms with Crippen molar-refractivity contribution in [3.8, 4) is 0 Å². The molecule has 0 saturated carbocycles. The Hall–Kier alpha value is -2.57. The molecule has 4 rings (SSSR count). The van der Waals surface area contributed by atoms with Gasteiger partial charge in [-0.05, 0) is 35.4 Å². The molecular weight excluding hydrogens is 326 g/mol. The lowest BCUT2D eigenvalue weighted by atomic mass is 10.1. The highest BCUT2D eigenvalue weighted by Crippen LogP contribution is 2.19. The summed E-state index contributed by atoms with van der Waals surface area (Å²) in [5.74, 6) is 0.425. The van der Waals surface area contributed by atoms with Gasteiger partial charge in [-0.3, -0.25) is 14.9 Å². The van der Waals surface area contributed by atoms with Crippen LogP contribution in [-0.2, 0) is 31.0 Å². The summed E-state index contributed by atoms with van der Waals surface area (Å²) in [4.78, 5) is 15.0. The molecular formula is C20H23N5O. The maximum Gasteiger partial charge on any atom is 0.0948 e.